The standard InChI is InChI=1S/C18H24N4O.HI/c1-13-10-16(22(2)3)9-8-14(13)12-20-18(19)21-15-6-5-7-17(11-15)23-4;/h5-11H,12H2,1-4H3,(H3,19,20,21);1H. The van der Waals surface area contributed by atoms with E-state index < -0.39 is 0 Å². The van der Waals surface area contributed by atoms with Crippen LogP contribution in [0.2, 0.25) is 0 Å². The van der Waals surface area contributed by atoms with Gasteiger partial charge in [0.05, 0.1) is 13.7 Å². The van der Waals surface area contributed by atoms with E-state index in [9.17, 15) is 0 Å². The van der Waals surface area contributed by atoms with Crippen molar-refractivity contribution in [2.75, 3.05) is 31.4 Å². The number of hydrogen-bond donors (Lipinski definition) is 2. The number of nitrogens with zero attached hydrogens (tertiary/aromatic N) is 2. The van der Waals surface area contributed by atoms with Crippen LogP contribution < -0.4 is 20.7 Å². The van der Waals surface area contributed by atoms with Gasteiger partial charge in [0, 0.05) is 31.5 Å². The summed E-state index contributed by atoms with van der Waals surface area (Å²) in [5, 5.41) is 3.08. The third-order valence-corrected chi connectivity index (χ3v) is 3.60. The Morgan fingerprint density at radius 3 is 2.58 bits per heavy atom. The first-order chi connectivity index (χ1) is 11.0. The molecule has 0 bridgehead atoms. The molecule has 2 rings (SSSR count). The van der Waals surface area contributed by atoms with E-state index in [1.165, 1.54) is 11.3 Å². The average Bonchev–Trinajstić information content (AvgIpc) is 2.53. The Morgan fingerprint density at radius 1 is 1.21 bits per heavy atom. The summed E-state index contributed by atoms with van der Waals surface area (Å²) in [5.41, 5.74) is 10.4. The molecule has 24 heavy (non-hydrogen) atoms. The lowest BCUT2D eigenvalue weighted by molar-refractivity contribution is 0.415. The molecule has 0 unspecified atom stereocenters. The quantitative estimate of drug-likeness (QED) is 0.424. The number of hydrogen-bond acceptors (Lipinski definition) is 3. The van der Waals surface area contributed by atoms with Crippen LogP contribution in [0, 0.1) is 6.92 Å². The van der Waals surface area contributed by atoms with Crippen LogP contribution in [0.1, 0.15) is 11.1 Å². The molecule has 3 N–H and O–H groups in total. The van der Waals surface area contributed by atoms with Crippen LogP contribution in [-0.4, -0.2) is 27.2 Å². The largest absolute Gasteiger partial charge is 0.497 e. The second kappa shape index (κ2) is 9.36. The predicted octanol–water partition coefficient (Wildman–Crippen LogP) is 3.61. The minimum Gasteiger partial charge on any atom is -0.497 e. The van der Waals surface area contributed by atoms with Crippen molar-refractivity contribution in [1.82, 2.24) is 0 Å². The smallest absolute Gasteiger partial charge is 0.193 e. The molecule has 0 amide bonds. The van der Waals surface area contributed by atoms with Gasteiger partial charge in [-0.2, -0.15) is 0 Å². The molecule has 6 heteroatoms. The number of guanidine groups is 1. The molecule has 5 nitrogen and oxygen atoms in total. The van der Waals surface area contributed by atoms with Gasteiger partial charge in [-0.1, -0.05) is 12.1 Å². The van der Waals surface area contributed by atoms with Gasteiger partial charge in [0.2, 0.25) is 0 Å². The molecule has 0 saturated carbocycles. The van der Waals surface area contributed by atoms with Crippen molar-refractivity contribution in [2.45, 2.75) is 13.5 Å². The van der Waals surface area contributed by atoms with E-state index in [1.54, 1.807) is 7.11 Å². The summed E-state index contributed by atoms with van der Waals surface area (Å²) in [4.78, 5) is 6.49. The summed E-state index contributed by atoms with van der Waals surface area (Å²) < 4.78 is 5.19. The fraction of sp³-hybridized carbons (Fsp3) is 0.278. The Kier molecular flexibility index (Phi) is 7.84. The highest BCUT2D eigenvalue weighted by molar-refractivity contribution is 14.0. The predicted molar refractivity (Wildman–Crippen MR) is 113 cm³/mol. The molecule has 0 fully saturated rings. The van der Waals surface area contributed by atoms with Crippen LogP contribution in [0.5, 0.6) is 5.75 Å². The Hall–Kier alpha value is -1.96. The number of rotatable bonds is 5. The normalized spacial score (nSPS) is 10.8. The van der Waals surface area contributed by atoms with Crippen LogP contribution in [-0.2, 0) is 6.54 Å². The summed E-state index contributed by atoms with van der Waals surface area (Å²) in [7, 11) is 5.70. The molecule has 2 aromatic carbocycles. The zero-order valence-corrected chi connectivity index (χ0v) is 16.9. The van der Waals surface area contributed by atoms with E-state index in [2.05, 4.69) is 40.3 Å². The van der Waals surface area contributed by atoms with Crippen molar-refractivity contribution < 1.29 is 4.74 Å². The number of halogens is 1. The van der Waals surface area contributed by atoms with Gasteiger partial charge in [-0.25, -0.2) is 4.99 Å². The van der Waals surface area contributed by atoms with Crippen LogP contribution in [0.4, 0.5) is 11.4 Å². The molecule has 130 valence electrons. The van der Waals surface area contributed by atoms with E-state index in [-0.39, 0.29) is 24.0 Å². The number of anilines is 2. The second-order valence-corrected chi connectivity index (χ2v) is 5.56. The van der Waals surface area contributed by atoms with Crippen molar-refractivity contribution in [3.63, 3.8) is 0 Å². The minimum atomic E-state index is 0. The van der Waals surface area contributed by atoms with E-state index in [4.69, 9.17) is 10.5 Å². The number of nitrogens with two attached hydrogens (primary N) is 1. The zero-order valence-electron chi connectivity index (χ0n) is 14.5. The molecule has 0 spiro atoms. The molecule has 0 aliphatic rings. The van der Waals surface area contributed by atoms with E-state index >= 15 is 0 Å². The van der Waals surface area contributed by atoms with Gasteiger partial charge in [0.15, 0.2) is 5.96 Å². The fourth-order valence-electron chi connectivity index (χ4n) is 2.19. The average molecular weight is 440 g/mol. The van der Waals surface area contributed by atoms with Crippen molar-refractivity contribution in [1.29, 1.82) is 0 Å². The number of aliphatic imine (C=N–C) groups is 1. The molecule has 0 radical (unpaired) electrons. The van der Waals surface area contributed by atoms with Crippen LogP contribution in [0.15, 0.2) is 47.5 Å². The Balaban J connectivity index is 0.00000288. The molecular weight excluding hydrogens is 415 g/mol. The highest BCUT2D eigenvalue weighted by atomic mass is 127. The first-order valence-corrected chi connectivity index (χ1v) is 7.47. The maximum Gasteiger partial charge on any atom is 0.193 e. The van der Waals surface area contributed by atoms with Crippen molar-refractivity contribution >= 4 is 41.3 Å². The lowest BCUT2D eigenvalue weighted by Gasteiger charge is -2.14. The SMILES string of the molecule is COc1cccc(NC(N)=NCc2ccc(N(C)C)cc2C)c1.I. The number of aryl methyl sites for hydroxylation is 1. The van der Waals surface area contributed by atoms with Crippen LogP contribution in [0.25, 0.3) is 0 Å². The molecular formula is C18H25IN4O. The summed E-state index contributed by atoms with van der Waals surface area (Å²) in [6, 6.07) is 13.9. The first-order valence-electron chi connectivity index (χ1n) is 7.47. The topological polar surface area (TPSA) is 62.9 Å². The van der Waals surface area contributed by atoms with Gasteiger partial charge in [0.25, 0.3) is 0 Å². The second-order valence-electron chi connectivity index (χ2n) is 5.56. The molecule has 0 heterocycles. The Labute approximate surface area is 160 Å². The van der Waals surface area contributed by atoms with E-state index in [1.807, 2.05) is 38.4 Å². The Bertz CT molecular complexity index is 701. The van der Waals surface area contributed by atoms with Gasteiger partial charge < -0.3 is 20.7 Å². The van der Waals surface area contributed by atoms with Gasteiger partial charge in [0.1, 0.15) is 5.75 Å². The number of methoxy groups -OCH3 is 1. The van der Waals surface area contributed by atoms with Crippen molar-refractivity contribution in [2.24, 2.45) is 10.7 Å². The molecule has 0 aromatic heterocycles. The first kappa shape index (κ1) is 20.1. The van der Waals surface area contributed by atoms with Gasteiger partial charge in [-0.3, -0.25) is 0 Å². The third-order valence-electron chi connectivity index (χ3n) is 3.60. The molecule has 0 aliphatic carbocycles. The molecule has 0 atom stereocenters. The molecule has 2 aromatic rings. The maximum absolute atomic E-state index is 5.96. The van der Waals surface area contributed by atoms with E-state index in [0.29, 0.717) is 12.5 Å². The zero-order chi connectivity index (χ0) is 16.8. The Morgan fingerprint density at radius 2 is 1.96 bits per heavy atom. The third kappa shape index (κ3) is 5.59. The highest BCUT2D eigenvalue weighted by Gasteiger charge is 2.02. The number of ether oxygens (including phenoxy) is 1. The van der Waals surface area contributed by atoms with Gasteiger partial charge in [-0.15, -0.1) is 24.0 Å². The molecule has 0 aliphatic heterocycles. The summed E-state index contributed by atoms with van der Waals surface area (Å²) >= 11 is 0. The van der Waals surface area contributed by atoms with E-state index in [0.717, 1.165) is 17.0 Å². The van der Waals surface area contributed by atoms with Crippen molar-refractivity contribution in [3.05, 3.63) is 53.6 Å². The maximum atomic E-state index is 5.96. The summed E-state index contributed by atoms with van der Waals surface area (Å²) in [6.07, 6.45) is 0. The number of nitrogens with one attached hydrogen (secondary N) is 1. The molecule has 0 saturated heterocycles. The van der Waals surface area contributed by atoms with Crippen molar-refractivity contribution in [3.8, 4) is 5.75 Å². The monoisotopic (exact) mass is 440 g/mol. The van der Waals surface area contributed by atoms with Crippen LogP contribution >= 0.6 is 24.0 Å². The van der Waals surface area contributed by atoms with Gasteiger partial charge >= 0.3 is 0 Å². The lowest BCUT2D eigenvalue weighted by atomic mass is 10.1. The summed E-state index contributed by atoms with van der Waals surface area (Å²) in [5.74, 6) is 1.16. The fourth-order valence-corrected chi connectivity index (χ4v) is 2.19. The number of benzene rings is 2. The minimum absolute atomic E-state index is 0. The van der Waals surface area contributed by atoms with Gasteiger partial charge in [-0.05, 0) is 42.3 Å². The summed E-state index contributed by atoms with van der Waals surface area (Å²) in [6.45, 7) is 2.63. The van der Waals surface area contributed by atoms with Crippen LogP contribution in [0.3, 0.4) is 0 Å². The highest BCUT2D eigenvalue weighted by Crippen LogP contribution is 2.19. The lowest BCUT2D eigenvalue weighted by Crippen LogP contribution is -2.22.